The molecule has 0 fully saturated rings. The van der Waals surface area contributed by atoms with Crippen LogP contribution in [0.3, 0.4) is 0 Å². The van der Waals surface area contributed by atoms with Crippen molar-refractivity contribution in [3.8, 4) is 0 Å². The van der Waals surface area contributed by atoms with Gasteiger partial charge in [0.15, 0.2) is 0 Å². The molecule has 0 bridgehead atoms. The van der Waals surface area contributed by atoms with Crippen LogP contribution in [-0.2, 0) is 17.8 Å². The number of hydrogen-bond acceptors (Lipinski definition) is 2. The summed E-state index contributed by atoms with van der Waals surface area (Å²) in [5.74, 6) is -0.0124. The lowest BCUT2D eigenvalue weighted by Crippen LogP contribution is -2.12. The van der Waals surface area contributed by atoms with E-state index in [1.807, 2.05) is 43.3 Å². The fraction of sp³-hybridized carbons (Fsp3) is 0.235. The van der Waals surface area contributed by atoms with E-state index in [1.165, 1.54) is 11.1 Å². The van der Waals surface area contributed by atoms with Crippen LogP contribution < -0.4 is 5.32 Å². The standard InChI is InChI=1S/C17H19NO2/c1-13-4-2-5-14(10-13)8-9-17(20)18-16-7-3-6-15(11-16)12-19/h2-7,10-11,19H,8-9,12H2,1H3,(H,18,20). The number of anilines is 1. The molecule has 0 unspecified atom stereocenters. The highest BCUT2D eigenvalue weighted by Gasteiger charge is 2.04. The lowest BCUT2D eigenvalue weighted by atomic mass is 10.1. The Morgan fingerprint density at radius 1 is 1.10 bits per heavy atom. The van der Waals surface area contributed by atoms with Crippen LogP contribution in [0.2, 0.25) is 0 Å². The third-order valence-corrected chi connectivity index (χ3v) is 3.12. The van der Waals surface area contributed by atoms with Crippen LogP contribution in [0.4, 0.5) is 5.69 Å². The fourth-order valence-electron chi connectivity index (χ4n) is 2.10. The molecule has 1 amide bonds. The second-order valence-electron chi connectivity index (χ2n) is 4.90. The summed E-state index contributed by atoms with van der Waals surface area (Å²) in [7, 11) is 0. The van der Waals surface area contributed by atoms with Crippen molar-refractivity contribution < 1.29 is 9.90 Å². The second-order valence-corrected chi connectivity index (χ2v) is 4.90. The first-order chi connectivity index (χ1) is 9.67. The number of aryl methyl sites for hydroxylation is 2. The summed E-state index contributed by atoms with van der Waals surface area (Å²) >= 11 is 0. The minimum atomic E-state index is -0.0208. The van der Waals surface area contributed by atoms with Crippen LogP contribution in [-0.4, -0.2) is 11.0 Å². The Kier molecular flexibility index (Phi) is 4.91. The average molecular weight is 269 g/mol. The first kappa shape index (κ1) is 14.3. The number of carbonyl (C=O) groups excluding carboxylic acids is 1. The highest BCUT2D eigenvalue weighted by molar-refractivity contribution is 5.90. The summed E-state index contributed by atoms with van der Waals surface area (Å²) in [6.45, 7) is 2.02. The van der Waals surface area contributed by atoms with Gasteiger partial charge in [0.05, 0.1) is 6.61 Å². The predicted octanol–water partition coefficient (Wildman–Crippen LogP) is 3.06. The molecule has 2 aromatic rings. The molecular weight excluding hydrogens is 250 g/mol. The van der Waals surface area contributed by atoms with Crippen LogP contribution in [0.25, 0.3) is 0 Å². The number of aliphatic hydroxyl groups is 1. The van der Waals surface area contributed by atoms with Gasteiger partial charge in [-0.05, 0) is 36.6 Å². The molecule has 0 aliphatic carbocycles. The Bertz CT molecular complexity index is 593. The number of amides is 1. The van der Waals surface area contributed by atoms with Crippen LogP contribution in [0.1, 0.15) is 23.1 Å². The molecule has 20 heavy (non-hydrogen) atoms. The third kappa shape index (κ3) is 4.21. The van der Waals surface area contributed by atoms with E-state index in [1.54, 1.807) is 6.07 Å². The van der Waals surface area contributed by atoms with Gasteiger partial charge in [-0.25, -0.2) is 0 Å². The van der Waals surface area contributed by atoms with Crippen LogP contribution >= 0.6 is 0 Å². The summed E-state index contributed by atoms with van der Waals surface area (Å²) in [5, 5.41) is 11.9. The maximum absolute atomic E-state index is 11.9. The normalized spacial score (nSPS) is 10.3. The summed E-state index contributed by atoms with van der Waals surface area (Å²) in [6, 6.07) is 15.4. The van der Waals surface area contributed by atoms with Crippen molar-refractivity contribution in [3.05, 3.63) is 65.2 Å². The molecule has 0 radical (unpaired) electrons. The molecule has 0 heterocycles. The van der Waals surface area contributed by atoms with Gasteiger partial charge in [-0.2, -0.15) is 0 Å². The molecule has 0 aromatic heterocycles. The van der Waals surface area contributed by atoms with E-state index >= 15 is 0 Å². The molecule has 0 spiro atoms. The monoisotopic (exact) mass is 269 g/mol. The molecular formula is C17H19NO2. The number of aliphatic hydroxyl groups excluding tert-OH is 1. The second kappa shape index (κ2) is 6.87. The zero-order valence-corrected chi connectivity index (χ0v) is 11.6. The minimum absolute atomic E-state index is 0.0124. The fourth-order valence-corrected chi connectivity index (χ4v) is 2.10. The van der Waals surface area contributed by atoms with Gasteiger partial charge in [0, 0.05) is 12.1 Å². The quantitative estimate of drug-likeness (QED) is 0.876. The summed E-state index contributed by atoms with van der Waals surface area (Å²) < 4.78 is 0. The molecule has 104 valence electrons. The third-order valence-electron chi connectivity index (χ3n) is 3.12. The highest BCUT2D eigenvalue weighted by atomic mass is 16.3. The van der Waals surface area contributed by atoms with E-state index in [9.17, 15) is 4.79 Å². The van der Waals surface area contributed by atoms with Crippen molar-refractivity contribution in [2.24, 2.45) is 0 Å². The van der Waals surface area contributed by atoms with E-state index in [0.29, 0.717) is 6.42 Å². The molecule has 3 heteroatoms. The van der Waals surface area contributed by atoms with E-state index in [4.69, 9.17) is 5.11 Å². The lowest BCUT2D eigenvalue weighted by Gasteiger charge is -2.07. The summed E-state index contributed by atoms with van der Waals surface area (Å²) in [6.07, 6.45) is 1.18. The lowest BCUT2D eigenvalue weighted by molar-refractivity contribution is -0.116. The van der Waals surface area contributed by atoms with Gasteiger partial charge in [0.25, 0.3) is 0 Å². The first-order valence-corrected chi connectivity index (χ1v) is 6.72. The number of nitrogens with one attached hydrogen (secondary N) is 1. The molecule has 2 aromatic carbocycles. The number of carbonyl (C=O) groups is 1. The molecule has 3 nitrogen and oxygen atoms in total. The predicted molar refractivity (Wildman–Crippen MR) is 80.5 cm³/mol. The molecule has 2 rings (SSSR count). The molecule has 0 aliphatic heterocycles. The molecule has 0 atom stereocenters. The number of rotatable bonds is 5. The molecule has 0 aliphatic rings. The van der Waals surface area contributed by atoms with Crippen LogP contribution in [0, 0.1) is 6.92 Å². The Morgan fingerprint density at radius 2 is 1.85 bits per heavy atom. The van der Waals surface area contributed by atoms with Gasteiger partial charge in [-0.3, -0.25) is 4.79 Å². The Labute approximate surface area is 119 Å². The first-order valence-electron chi connectivity index (χ1n) is 6.72. The van der Waals surface area contributed by atoms with Crippen molar-refractivity contribution in [1.29, 1.82) is 0 Å². The van der Waals surface area contributed by atoms with Crippen molar-refractivity contribution in [2.75, 3.05) is 5.32 Å². The largest absolute Gasteiger partial charge is 0.392 e. The van der Waals surface area contributed by atoms with Crippen LogP contribution in [0.15, 0.2) is 48.5 Å². The smallest absolute Gasteiger partial charge is 0.224 e. The minimum Gasteiger partial charge on any atom is -0.392 e. The van der Waals surface area contributed by atoms with Gasteiger partial charge < -0.3 is 10.4 Å². The Balaban J connectivity index is 1.89. The average Bonchev–Trinajstić information content (AvgIpc) is 2.45. The Morgan fingerprint density at radius 3 is 2.60 bits per heavy atom. The van der Waals surface area contributed by atoms with E-state index in [0.717, 1.165) is 17.7 Å². The zero-order valence-electron chi connectivity index (χ0n) is 11.6. The van der Waals surface area contributed by atoms with E-state index < -0.39 is 0 Å². The van der Waals surface area contributed by atoms with Crippen molar-refractivity contribution in [1.82, 2.24) is 0 Å². The maximum Gasteiger partial charge on any atom is 0.224 e. The van der Waals surface area contributed by atoms with Crippen molar-refractivity contribution >= 4 is 11.6 Å². The van der Waals surface area contributed by atoms with Gasteiger partial charge in [0.2, 0.25) is 5.91 Å². The van der Waals surface area contributed by atoms with Gasteiger partial charge in [-0.1, -0.05) is 42.0 Å². The van der Waals surface area contributed by atoms with Crippen LogP contribution in [0.5, 0.6) is 0 Å². The number of benzene rings is 2. The molecule has 2 N–H and O–H groups in total. The number of hydrogen-bond donors (Lipinski definition) is 2. The van der Waals surface area contributed by atoms with Gasteiger partial charge >= 0.3 is 0 Å². The topological polar surface area (TPSA) is 49.3 Å². The summed E-state index contributed by atoms with van der Waals surface area (Å²) in [5.41, 5.74) is 3.90. The Hall–Kier alpha value is -2.13. The summed E-state index contributed by atoms with van der Waals surface area (Å²) in [4.78, 5) is 11.9. The van der Waals surface area contributed by atoms with Crippen molar-refractivity contribution in [2.45, 2.75) is 26.4 Å². The van der Waals surface area contributed by atoms with E-state index in [-0.39, 0.29) is 12.5 Å². The van der Waals surface area contributed by atoms with Gasteiger partial charge in [0.1, 0.15) is 0 Å². The van der Waals surface area contributed by atoms with Crippen molar-refractivity contribution in [3.63, 3.8) is 0 Å². The zero-order chi connectivity index (χ0) is 14.4. The maximum atomic E-state index is 11.9. The van der Waals surface area contributed by atoms with E-state index in [2.05, 4.69) is 11.4 Å². The molecule has 0 saturated carbocycles. The SMILES string of the molecule is Cc1cccc(CCC(=O)Nc2cccc(CO)c2)c1. The van der Waals surface area contributed by atoms with Gasteiger partial charge in [-0.15, -0.1) is 0 Å². The molecule has 0 saturated heterocycles. The highest BCUT2D eigenvalue weighted by Crippen LogP contribution is 2.12.